The summed E-state index contributed by atoms with van der Waals surface area (Å²) >= 11 is 6.12. The first-order valence-electron chi connectivity index (χ1n) is 11.6. The molecule has 0 fully saturated rings. The largest absolute Gasteiger partial charge is 0.465 e. The topological polar surface area (TPSA) is 95.9 Å². The highest BCUT2D eigenvalue weighted by Gasteiger charge is 2.39. The van der Waals surface area contributed by atoms with Crippen LogP contribution in [0.25, 0.3) is 0 Å². The van der Waals surface area contributed by atoms with Crippen molar-refractivity contribution in [2.75, 3.05) is 12.4 Å². The van der Waals surface area contributed by atoms with E-state index in [2.05, 4.69) is 19.2 Å². The van der Waals surface area contributed by atoms with Crippen molar-refractivity contribution in [1.29, 1.82) is 0 Å². The quantitative estimate of drug-likeness (QED) is 0.369. The third kappa shape index (κ3) is 6.12. The van der Waals surface area contributed by atoms with E-state index in [-0.39, 0.29) is 23.4 Å². The average molecular weight is 517 g/mol. The number of amides is 2. The van der Waals surface area contributed by atoms with E-state index in [9.17, 15) is 19.2 Å². The van der Waals surface area contributed by atoms with Crippen molar-refractivity contribution in [3.8, 4) is 0 Å². The van der Waals surface area contributed by atoms with Gasteiger partial charge in [0.25, 0.3) is 5.91 Å². The minimum atomic E-state index is -2.40. The van der Waals surface area contributed by atoms with Gasteiger partial charge >= 0.3 is 5.97 Å². The predicted octanol–water partition coefficient (Wildman–Crippen LogP) is 5.24. The molecule has 0 aromatic heterocycles. The van der Waals surface area contributed by atoms with E-state index < -0.39 is 20.3 Å². The predicted molar refractivity (Wildman–Crippen MR) is 139 cm³/mol. The number of carbonyl (C=O) groups excluding carboxylic acids is 3. The second kappa shape index (κ2) is 10.5. The highest BCUT2D eigenvalue weighted by Crippen LogP contribution is 2.40. The van der Waals surface area contributed by atoms with Gasteiger partial charge in [-0.05, 0) is 66.9 Å². The summed E-state index contributed by atoms with van der Waals surface area (Å²) < 4.78 is 4.75. The van der Waals surface area contributed by atoms with Crippen molar-refractivity contribution in [2.45, 2.75) is 63.8 Å². The Kier molecular flexibility index (Phi) is 8.09. The molecule has 0 radical (unpaired) electrons. The molecule has 1 heterocycles. The number of nitrogens with one attached hydrogen (secondary N) is 1. The number of anilines is 1. The molecule has 0 unspecified atom stereocenters. The number of nitrogens with zero attached hydrogens (tertiary/aromatic N) is 1. The zero-order chi connectivity index (χ0) is 26.0. The van der Waals surface area contributed by atoms with Crippen molar-refractivity contribution in [1.82, 2.24) is 4.90 Å². The first kappa shape index (κ1) is 26.9. The summed E-state index contributed by atoms with van der Waals surface area (Å²) in [6.45, 7) is 8.13. The molecule has 0 saturated carbocycles. The summed E-state index contributed by atoms with van der Waals surface area (Å²) in [6.07, 6.45) is 1.86. The van der Waals surface area contributed by atoms with Crippen LogP contribution in [0, 0.1) is 0 Å². The second-order valence-corrected chi connectivity index (χ2v) is 15.1. The van der Waals surface area contributed by atoms with Crippen molar-refractivity contribution in [2.24, 2.45) is 0 Å². The molecule has 188 valence electrons. The fourth-order valence-corrected chi connectivity index (χ4v) is 4.99. The summed E-state index contributed by atoms with van der Waals surface area (Å²) in [7, 11) is -1.08. The van der Waals surface area contributed by atoms with Crippen molar-refractivity contribution in [3.05, 3.63) is 64.2 Å². The van der Waals surface area contributed by atoms with Crippen molar-refractivity contribution < 1.29 is 23.9 Å². The average Bonchev–Trinajstić information content (AvgIpc) is 2.87. The van der Waals surface area contributed by atoms with Crippen LogP contribution in [0.5, 0.6) is 0 Å². The number of esters is 1. The fraction of sp³-hybridized carbons (Fsp3) is 0.423. The Hall–Kier alpha value is -2.68. The molecular weight excluding hydrogens is 484 g/mol. The maximum atomic E-state index is 13.6. The molecule has 2 N–H and O–H groups in total. The zero-order valence-electron chi connectivity index (χ0n) is 20.9. The third-order valence-electron chi connectivity index (χ3n) is 7.07. The zero-order valence-corrected chi connectivity index (χ0v) is 22.6. The summed E-state index contributed by atoms with van der Waals surface area (Å²) in [4.78, 5) is 50.9. The molecule has 1 aliphatic rings. The molecule has 0 aliphatic carbocycles. The molecule has 9 heteroatoms. The summed E-state index contributed by atoms with van der Waals surface area (Å²) in [5, 5.41) is 3.08. The minimum absolute atomic E-state index is 0.198. The van der Waals surface area contributed by atoms with Gasteiger partial charge in [-0.3, -0.25) is 9.59 Å². The Balaban J connectivity index is 1.90. The Morgan fingerprint density at radius 3 is 2.43 bits per heavy atom. The molecule has 3 rings (SSSR count). The molecular formula is C26H33ClN2O5Si. The third-order valence-corrected chi connectivity index (χ3v) is 10.9. The van der Waals surface area contributed by atoms with Crippen molar-refractivity contribution in [3.63, 3.8) is 0 Å². The van der Waals surface area contributed by atoms with Crippen LogP contribution in [0.1, 0.15) is 59.4 Å². The number of halogens is 1. The lowest BCUT2D eigenvalue weighted by Crippen LogP contribution is -2.45. The standard InChI is InChI=1S/C26H33ClN2O5Si/c1-26(2,35(4,5)33)14-6-7-22-23(30)28-21-15-19(27)12-13-20(21)24(31)29(22)16-17-8-10-18(11-9-17)25(32)34-3/h8-13,15,22,33H,6-7,14,16H2,1-5H3,(H,28,30)/t22-/m1/s1. The van der Waals surface area contributed by atoms with Gasteiger partial charge in [-0.25, -0.2) is 4.79 Å². The van der Waals surface area contributed by atoms with E-state index in [0.29, 0.717) is 34.7 Å². The van der Waals surface area contributed by atoms with E-state index in [1.165, 1.54) is 7.11 Å². The van der Waals surface area contributed by atoms with Crippen LogP contribution >= 0.6 is 11.6 Å². The molecule has 2 amide bonds. The number of hydrogen-bond donors (Lipinski definition) is 2. The van der Waals surface area contributed by atoms with E-state index >= 15 is 0 Å². The van der Waals surface area contributed by atoms with E-state index in [4.69, 9.17) is 16.3 Å². The lowest BCUT2D eigenvalue weighted by molar-refractivity contribution is -0.120. The van der Waals surface area contributed by atoms with Gasteiger partial charge in [0.05, 0.1) is 23.9 Å². The maximum Gasteiger partial charge on any atom is 0.337 e. The summed E-state index contributed by atoms with van der Waals surface area (Å²) in [6, 6.07) is 10.9. The molecule has 0 bridgehead atoms. The molecule has 0 spiro atoms. The molecule has 2 aromatic rings. The van der Waals surface area contributed by atoms with Gasteiger partial charge in [0.2, 0.25) is 5.91 Å². The number of benzene rings is 2. The van der Waals surface area contributed by atoms with Crippen LogP contribution in [-0.2, 0) is 16.1 Å². The molecule has 1 atom stereocenters. The Morgan fingerprint density at radius 1 is 1.17 bits per heavy atom. The summed E-state index contributed by atoms with van der Waals surface area (Å²) in [5.74, 6) is -0.986. The minimum Gasteiger partial charge on any atom is -0.465 e. The number of fused-ring (bicyclic) bond motifs is 1. The lowest BCUT2D eigenvalue weighted by Gasteiger charge is -2.36. The molecule has 1 aliphatic heterocycles. The number of methoxy groups -OCH3 is 1. The Morgan fingerprint density at radius 2 is 1.83 bits per heavy atom. The van der Waals surface area contributed by atoms with Gasteiger partial charge in [0.1, 0.15) is 6.04 Å². The lowest BCUT2D eigenvalue weighted by atomic mass is 10.00. The van der Waals surface area contributed by atoms with E-state index in [0.717, 1.165) is 12.0 Å². The van der Waals surface area contributed by atoms with Crippen LogP contribution in [-0.4, -0.2) is 48.9 Å². The van der Waals surface area contributed by atoms with Gasteiger partial charge in [0, 0.05) is 11.6 Å². The first-order chi connectivity index (χ1) is 16.3. The molecule has 7 nitrogen and oxygen atoms in total. The highest BCUT2D eigenvalue weighted by atomic mass is 35.5. The molecule has 35 heavy (non-hydrogen) atoms. The monoisotopic (exact) mass is 516 g/mol. The number of hydrogen-bond acceptors (Lipinski definition) is 5. The van der Waals surface area contributed by atoms with Crippen LogP contribution in [0.3, 0.4) is 0 Å². The second-order valence-electron chi connectivity index (χ2n) is 10.2. The van der Waals surface area contributed by atoms with Crippen LogP contribution < -0.4 is 5.32 Å². The smallest absolute Gasteiger partial charge is 0.337 e. The first-order valence-corrected chi connectivity index (χ1v) is 15.0. The Labute approximate surface area is 212 Å². The van der Waals surface area contributed by atoms with Crippen LogP contribution in [0.4, 0.5) is 5.69 Å². The van der Waals surface area contributed by atoms with Gasteiger partial charge in [-0.2, -0.15) is 0 Å². The van der Waals surface area contributed by atoms with Gasteiger partial charge in [0.15, 0.2) is 8.32 Å². The van der Waals surface area contributed by atoms with E-state index in [1.54, 1.807) is 47.4 Å². The van der Waals surface area contributed by atoms with Crippen LogP contribution in [0.2, 0.25) is 23.2 Å². The van der Waals surface area contributed by atoms with E-state index in [1.807, 2.05) is 13.1 Å². The number of carbonyl (C=O) groups is 3. The SMILES string of the molecule is COC(=O)c1ccc(CN2C(=O)c3ccc(Cl)cc3NC(=O)[C@H]2CCCC(C)(C)[Si](C)(C)O)cc1. The van der Waals surface area contributed by atoms with Gasteiger partial charge in [-0.15, -0.1) is 0 Å². The summed E-state index contributed by atoms with van der Waals surface area (Å²) in [5.41, 5.74) is 1.96. The highest BCUT2D eigenvalue weighted by molar-refractivity contribution is 6.72. The molecule has 2 aromatic carbocycles. The van der Waals surface area contributed by atoms with Crippen LogP contribution in [0.15, 0.2) is 42.5 Å². The van der Waals surface area contributed by atoms with Gasteiger partial charge < -0.3 is 19.7 Å². The van der Waals surface area contributed by atoms with Crippen molar-refractivity contribution >= 4 is 43.4 Å². The normalized spacial score (nSPS) is 16.4. The number of rotatable bonds is 8. The fourth-order valence-electron chi connectivity index (χ4n) is 4.03. The number of ether oxygens (including phenoxy) is 1. The maximum absolute atomic E-state index is 13.6. The van der Waals surface area contributed by atoms with Gasteiger partial charge in [-0.1, -0.05) is 44.0 Å². The Bertz CT molecular complexity index is 1110. The molecule has 0 saturated heterocycles.